The molecule has 2 aromatic rings. The summed E-state index contributed by atoms with van der Waals surface area (Å²) >= 11 is 0. The number of carbonyl (C=O) groups excluding carboxylic acids is 1. The zero-order chi connectivity index (χ0) is 19.7. The van der Waals surface area contributed by atoms with Crippen LogP contribution in [-0.2, 0) is 14.8 Å². The van der Waals surface area contributed by atoms with Crippen molar-refractivity contribution in [1.82, 2.24) is 5.32 Å². The molecule has 0 unspecified atom stereocenters. The van der Waals surface area contributed by atoms with Crippen LogP contribution in [0.2, 0.25) is 0 Å². The number of unbranched alkanes of at least 4 members (excludes halogenated alkanes) is 2. The lowest BCUT2D eigenvalue weighted by molar-refractivity contribution is -0.119. The molecule has 1 amide bonds. The topological polar surface area (TPSA) is 75.7 Å². The van der Waals surface area contributed by atoms with Gasteiger partial charge in [-0.25, -0.2) is 8.42 Å². The molecular weight excluding hydrogens is 364 g/mol. The van der Waals surface area contributed by atoms with E-state index >= 15 is 0 Å². The molecule has 27 heavy (non-hydrogen) atoms. The third-order valence-electron chi connectivity index (χ3n) is 4.08. The van der Waals surface area contributed by atoms with E-state index in [4.69, 9.17) is 4.74 Å². The number of rotatable bonds is 10. The van der Waals surface area contributed by atoms with Crippen molar-refractivity contribution in [2.24, 2.45) is 0 Å². The number of anilines is 1. The van der Waals surface area contributed by atoms with Crippen molar-refractivity contribution < 1.29 is 17.9 Å². The molecule has 2 rings (SSSR count). The maximum Gasteiger partial charge on any atom is 0.264 e. The summed E-state index contributed by atoms with van der Waals surface area (Å²) in [4.78, 5) is 12.5. The average Bonchev–Trinajstić information content (AvgIpc) is 2.70. The number of methoxy groups -OCH3 is 1. The molecule has 0 aromatic heterocycles. The van der Waals surface area contributed by atoms with Gasteiger partial charge in [0.1, 0.15) is 12.3 Å². The van der Waals surface area contributed by atoms with Gasteiger partial charge in [0.2, 0.25) is 5.91 Å². The summed E-state index contributed by atoms with van der Waals surface area (Å²) in [6.07, 6.45) is 2.94. The highest BCUT2D eigenvalue weighted by Gasteiger charge is 2.27. The van der Waals surface area contributed by atoms with Crippen molar-refractivity contribution in [1.29, 1.82) is 0 Å². The van der Waals surface area contributed by atoms with Crippen LogP contribution in [0, 0.1) is 0 Å². The molecule has 0 aliphatic heterocycles. The van der Waals surface area contributed by atoms with Gasteiger partial charge in [-0.05, 0) is 42.8 Å². The van der Waals surface area contributed by atoms with Crippen molar-refractivity contribution in [2.45, 2.75) is 31.1 Å². The first-order valence-corrected chi connectivity index (χ1v) is 10.4. The molecule has 0 aliphatic rings. The molecule has 0 atom stereocenters. The normalized spacial score (nSPS) is 11.0. The minimum atomic E-state index is -3.87. The second kappa shape index (κ2) is 9.97. The summed E-state index contributed by atoms with van der Waals surface area (Å²) in [5.74, 6) is 0.279. The number of sulfonamides is 1. The minimum absolute atomic E-state index is 0.139. The maximum absolute atomic E-state index is 13.1. The smallest absolute Gasteiger partial charge is 0.264 e. The Morgan fingerprint density at radius 3 is 2.30 bits per heavy atom. The fourth-order valence-electron chi connectivity index (χ4n) is 2.57. The fraction of sp³-hybridized carbons (Fsp3) is 0.350. The molecule has 0 bridgehead atoms. The van der Waals surface area contributed by atoms with E-state index in [0.717, 1.165) is 23.6 Å². The quantitative estimate of drug-likeness (QED) is 0.632. The molecule has 146 valence electrons. The first-order chi connectivity index (χ1) is 13.0. The lowest BCUT2D eigenvalue weighted by atomic mass is 10.2. The molecule has 7 heteroatoms. The van der Waals surface area contributed by atoms with Crippen LogP contribution >= 0.6 is 0 Å². The molecule has 0 spiro atoms. The first-order valence-electron chi connectivity index (χ1n) is 8.97. The van der Waals surface area contributed by atoms with Gasteiger partial charge in [0.25, 0.3) is 10.0 Å². The van der Waals surface area contributed by atoms with Gasteiger partial charge in [0, 0.05) is 6.54 Å². The summed E-state index contributed by atoms with van der Waals surface area (Å²) in [5.41, 5.74) is 0.406. The Balaban J connectivity index is 2.27. The molecule has 0 radical (unpaired) electrons. The van der Waals surface area contributed by atoms with Crippen molar-refractivity contribution in [2.75, 3.05) is 24.5 Å². The van der Waals surface area contributed by atoms with Crippen LogP contribution in [0.15, 0.2) is 59.5 Å². The first kappa shape index (κ1) is 20.8. The number of benzene rings is 2. The minimum Gasteiger partial charge on any atom is -0.497 e. The van der Waals surface area contributed by atoms with Crippen LogP contribution in [0.1, 0.15) is 26.2 Å². The van der Waals surface area contributed by atoms with Crippen LogP contribution in [-0.4, -0.2) is 34.5 Å². The second-order valence-corrected chi connectivity index (χ2v) is 7.94. The lowest BCUT2D eigenvalue weighted by Gasteiger charge is -2.24. The highest BCUT2D eigenvalue weighted by Crippen LogP contribution is 2.25. The van der Waals surface area contributed by atoms with E-state index in [1.165, 1.54) is 19.2 Å². The zero-order valence-electron chi connectivity index (χ0n) is 15.7. The van der Waals surface area contributed by atoms with Gasteiger partial charge in [-0.1, -0.05) is 38.0 Å². The Bertz CT molecular complexity index is 821. The van der Waals surface area contributed by atoms with Gasteiger partial charge in [0.05, 0.1) is 17.7 Å². The van der Waals surface area contributed by atoms with E-state index in [9.17, 15) is 13.2 Å². The van der Waals surface area contributed by atoms with Crippen molar-refractivity contribution in [3.05, 3.63) is 54.6 Å². The molecule has 0 heterocycles. The largest absolute Gasteiger partial charge is 0.497 e. The summed E-state index contributed by atoms with van der Waals surface area (Å²) in [6, 6.07) is 14.7. The number of ether oxygens (including phenoxy) is 1. The standard InChI is InChI=1S/C20H26N2O4S/c1-3-4-8-15-21-20(23)16-22(17-11-13-18(26-2)14-12-17)27(24,25)19-9-6-5-7-10-19/h5-7,9-14H,3-4,8,15-16H2,1-2H3,(H,21,23). The van der Waals surface area contributed by atoms with E-state index in [2.05, 4.69) is 12.2 Å². The Kier molecular flexibility index (Phi) is 7.67. The molecule has 0 saturated carbocycles. The Hall–Kier alpha value is -2.54. The van der Waals surface area contributed by atoms with Crippen LogP contribution in [0.4, 0.5) is 5.69 Å². The van der Waals surface area contributed by atoms with Crippen LogP contribution in [0.25, 0.3) is 0 Å². The monoisotopic (exact) mass is 390 g/mol. The zero-order valence-corrected chi connectivity index (χ0v) is 16.5. The highest BCUT2D eigenvalue weighted by atomic mass is 32.2. The third-order valence-corrected chi connectivity index (χ3v) is 5.87. The lowest BCUT2D eigenvalue weighted by Crippen LogP contribution is -2.41. The van der Waals surface area contributed by atoms with E-state index in [1.807, 2.05) is 0 Å². The number of nitrogens with one attached hydrogen (secondary N) is 1. The van der Waals surface area contributed by atoms with Gasteiger partial charge in [-0.15, -0.1) is 0 Å². The summed E-state index contributed by atoms with van der Waals surface area (Å²) in [7, 11) is -2.33. The Morgan fingerprint density at radius 2 is 1.70 bits per heavy atom. The van der Waals surface area contributed by atoms with E-state index < -0.39 is 10.0 Å². The SMILES string of the molecule is CCCCCNC(=O)CN(c1ccc(OC)cc1)S(=O)(=O)c1ccccc1. The van der Waals surface area contributed by atoms with Crippen molar-refractivity contribution in [3.63, 3.8) is 0 Å². The molecule has 2 aromatic carbocycles. The number of carbonyl (C=O) groups is 1. The average molecular weight is 391 g/mol. The maximum atomic E-state index is 13.1. The highest BCUT2D eigenvalue weighted by molar-refractivity contribution is 7.92. The third kappa shape index (κ3) is 5.72. The van der Waals surface area contributed by atoms with Crippen molar-refractivity contribution >= 4 is 21.6 Å². The van der Waals surface area contributed by atoms with Crippen LogP contribution < -0.4 is 14.4 Å². The van der Waals surface area contributed by atoms with Gasteiger partial charge >= 0.3 is 0 Å². The number of hydrogen-bond acceptors (Lipinski definition) is 4. The van der Waals surface area contributed by atoms with Gasteiger partial charge in [0.15, 0.2) is 0 Å². The molecule has 0 saturated heterocycles. The van der Waals surface area contributed by atoms with E-state index in [1.54, 1.807) is 42.5 Å². The van der Waals surface area contributed by atoms with Gasteiger partial charge in [-0.3, -0.25) is 9.10 Å². The molecule has 0 fully saturated rings. The summed E-state index contributed by atoms with van der Waals surface area (Å²) in [6.45, 7) is 2.34. The van der Waals surface area contributed by atoms with Crippen molar-refractivity contribution in [3.8, 4) is 5.75 Å². The second-order valence-electron chi connectivity index (χ2n) is 6.08. The van der Waals surface area contributed by atoms with Crippen LogP contribution in [0.3, 0.4) is 0 Å². The van der Waals surface area contributed by atoms with E-state index in [0.29, 0.717) is 18.0 Å². The number of amides is 1. The fourth-order valence-corrected chi connectivity index (χ4v) is 4.01. The predicted octanol–water partition coefficient (Wildman–Crippen LogP) is 3.20. The number of nitrogens with zero attached hydrogens (tertiary/aromatic N) is 1. The molecular formula is C20H26N2O4S. The molecule has 0 aliphatic carbocycles. The predicted molar refractivity (Wildman–Crippen MR) is 107 cm³/mol. The van der Waals surface area contributed by atoms with Gasteiger partial charge < -0.3 is 10.1 Å². The summed E-state index contributed by atoms with van der Waals surface area (Å²) < 4.78 is 32.5. The summed E-state index contributed by atoms with van der Waals surface area (Å²) in [5, 5.41) is 2.79. The van der Waals surface area contributed by atoms with Crippen LogP contribution in [0.5, 0.6) is 5.75 Å². The number of hydrogen-bond donors (Lipinski definition) is 1. The molecule has 1 N–H and O–H groups in total. The Morgan fingerprint density at radius 1 is 1.04 bits per heavy atom. The van der Waals surface area contributed by atoms with E-state index in [-0.39, 0.29) is 17.3 Å². The van der Waals surface area contributed by atoms with Gasteiger partial charge in [-0.2, -0.15) is 0 Å². The molecule has 6 nitrogen and oxygen atoms in total. The Labute approximate surface area is 161 Å².